The molecule has 128 valence electrons. The van der Waals surface area contributed by atoms with Crippen LogP contribution >= 0.6 is 11.3 Å². The lowest BCUT2D eigenvalue weighted by Crippen LogP contribution is -2.40. The Morgan fingerprint density at radius 2 is 2.04 bits per heavy atom. The van der Waals surface area contributed by atoms with E-state index in [0.717, 1.165) is 43.7 Å². The summed E-state index contributed by atoms with van der Waals surface area (Å²) in [6, 6.07) is 0. The molecule has 1 aromatic rings. The number of hydrogen-bond donors (Lipinski definition) is 1. The van der Waals surface area contributed by atoms with E-state index in [9.17, 15) is 0 Å². The van der Waals surface area contributed by atoms with Gasteiger partial charge in [0.25, 0.3) is 0 Å². The summed E-state index contributed by atoms with van der Waals surface area (Å²) in [6.45, 7) is 8.53. The molecule has 0 bridgehead atoms. The lowest BCUT2D eigenvalue weighted by molar-refractivity contribution is 0.299. The van der Waals surface area contributed by atoms with Gasteiger partial charge in [-0.3, -0.25) is 4.99 Å². The average Bonchev–Trinajstić information content (AvgIpc) is 3.20. The molecule has 1 aliphatic carbocycles. The van der Waals surface area contributed by atoms with Crippen LogP contribution in [0.5, 0.6) is 0 Å². The van der Waals surface area contributed by atoms with Crippen LogP contribution in [0.2, 0.25) is 0 Å². The number of guanidine groups is 1. The smallest absolute Gasteiger partial charge is 0.193 e. The molecule has 0 amide bonds. The van der Waals surface area contributed by atoms with Crippen LogP contribution in [0, 0.1) is 11.8 Å². The van der Waals surface area contributed by atoms with Gasteiger partial charge in [0.2, 0.25) is 0 Å². The summed E-state index contributed by atoms with van der Waals surface area (Å²) in [5.41, 5.74) is 0. The predicted molar refractivity (Wildman–Crippen MR) is 98.2 cm³/mol. The molecule has 5 heteroatoms. The van der Waals surface area contributed by atoms with E-state index in [1.807, 2.05) is 17.5 Å². The monoisotopic (exact) mass is 334 g/mol. The Hall–Kier alpha value is -1.10. The average molecular weight is 335 g/mol. The first kappa shape index (κ1) is 16.7. The summed E-state index contributed by atoms with van der Waals surface area (Å²) >= 11 is 1.83. The van der Waals surface area contributed by atoms with Crippen molar-refractivity contribution in [1.82, 2.24) is 15.2 Å². The molecule has 2 fully saturated rings. The fraction of sp³-hybridized carbons (Fsp3) is 0.778. The fourth-order valence-electron chi connectivity index (χ4n) is 3.89. The van der Waals surface area contributed by atoms with E-state index < -0.39 is 0 Å². The van der Waals surface area contributed by atoms with Crippen LogP contribution < -0.4 is 5.32 Å². The number of nitrogens with zero attached hydrogens (tertiary/aromatic N) is 3. The van der Waals surface area contributed by atoms with Crippen LogP contribution in [-0.2, 0) is 12.8 Å². The van der Waals surface area contributed by atoms with Crippen LogP contribution in [0.1, 0.15) is 49.4 Å². The minimum atomic E-state index is 0.838. The Morgan fingerprint density at radius 3 is 2.65 bits per heavy atom. The van der Waals surface area contributed by atoms with Crippen LogP contribution in [-0.4, -0.2) is 42.0 Å². The Balaban J connectivity index is 1.57. The van der Waals surface area contributed by atoms with E-state index in [0.29, 0.717) is 0 Å². The molecule has 1 N–H and O–H groups in total. The van der Waals surface area contributed by atoms with E-state index in [1.165, 1.54) is 48.7 Å². The summed E-state index contributed by atoms with van der Waals surface area (Å²) in [5, 5.41) is 4.71. The van der Waals surface area contributed by atoms with E-state index in [2.05, 4.69) is 29.0 Å². The normalized spacial score (nSPS) is 24.8. The number of likely N-dealkylation sites (tertiary alicyclic amines) is 1. The van der Waals surface area contributed by atoms with Gasteiger partial charge in [0.15, 0.2) is 5.96 Å². The van der Waals surface area contributed by atoms with Crippen LogP contribution in [0.25, 0.3) is 0 Å². The van der Waals surface area contributed by atoms with Gasteiger partial charge in [-0.15, -0.1) is 11.3 Å². The van der Waals surface area contributed by atoms with Crippen LogP contribution in [0.15, 0.2) is 11.2 Å². The zero-order valence-electron chi connectivity index (χ0n) is 14.6. The van der Waals surface area contributed by atoms with Crippen molar-refractivity contribution in [2.75, 3.05) is 26.2 Å². The Morgan fingerprint density at radius 1 is 1.30 bits per heavy atom. The molecule has 2 unspecified atom stereocenters. The minimum Gasteiger partial charge on any atom is -0.357 e. The maximum absolute atomic E-state index is 4.88. The second-order valence-corrected chi connectivity index (χ2v) is 7.97. The molecule has 0 radical (unpaired) electrons. The highest BCUT2D eigenvalue weighted by molar-refractivity contribution is 7.11. The first-order valence-corrected chi connectivity index (χ1v) is 10.1. The van der Waals surface area contributed by atoms with E-state index >= 15 is 0 Å². The van der Waals surface area contributed by atoms with Gasteiger partial charge in [-0.25, -0.2) is 4.98 Å². The first-order chi connectivity index (χ1) is 11.3. The lowest BCUT2D eigenvalue weighted by Gasteiger charge is -2.22. The highest BCUT2D eigenvalue weighted by Gasteiger charge is 2.35. The summed E-state index contributed by atoms with van der Waals surface area (Å²) < 4.78 is 0. The Kier molecular flexibility index (Phi) is 5.92. The van der Waals surface area contributed by atoms with Gasteiger partial charge in [-0.05, 0) is 38.0 Å². The number of nitrogens with one attached hydrogen (secondary N) is 1. The molecule has 23 heavy (non-hydrogen) atoms. The number of rotatable bonds is 5. The van der Waals surface area contributed by atoms with Crippen molar-refractivity contribution in [3.63, 3.8) is 0 Å². The molecule has 1 aromatic heterocycles. The molecule has 3 rings (SSSR count). The molecule has 4 nitrogen and oxygen atoms in total. The van der Waals surface area contributed by atoms with Crippen LogP contribution in [0.4, 0.5) is 0 Å². The van der Waals surface area contributed by atoms with Crippen molar-refractivity contribution in [3.8, 4) is 0 Å². The molecular formula is C18H30N4S. The van der Waals surface area contributed by atoms with Crippen molar-refractivity contribution in [2.24, 2.45) is 16.8 Å². The highest BCUT2D eigenvalue weighted by Crippen LogP contribution is 2.35. The molecule has 0 aromatic carbocycles. The van der Waals surface area contributed by atoms with Gasteiger partial charge in [0.05, 0.1) is 5.01 Å². The molecule has 0 spiro atoms. The summed E-state index contributed by atoms with van der Waals surface area (Å²) in [6.07, 6.45) is 9.73. The van der Waals surface area contributed by atoms with E-state index in [4.69, 9.17) is 4.99 Å². The fourth-order valence-corrected chi connectivity index (χ4v) is 4.74. The van der Waals surface area contributed by atoms with Crippen molar-refractivity contribution in [1.29, 1.82) is 0 Å². The number of hydrogen-bond acceptors (Lipinski definition) is 3. The van der Waals surface area contributed by atoms with Gasteiger partial charge in [-0.2, -0.15) is 0 Å². The Labute approximate surface area is 144 Å². The Bertz CT molecular complexity index is 511. The van der Waals surface area contributed by atoms with Gasteiger partial charge < -0.3 is 10.2 Å². The number of aryl methyl sites for hydroxylation is 1. The zero-order chi connectivity index (χ0) is 16.1. The lowest BCUT2D eigenvalue weighted by atomic mass is 9.82. The minimum absolute atomic E-state index is 0.838. The van der Waals surface area contributed by atoms with Crippen molar-refractivity contribution in [2.45, 2.75) is 52.4 Å². The van der Waals surface area contributed by atoms with E-state index in [1.54, 1.807) is 0 Å². The largest absolute Gasteiger partial charge is 0.357 e. The van der Waals surface area contributed by atoms with Gasteiger partial charge >= 0.3 is 0 Å². The molecule has 1 saturated carbocycles. The zero-order valence-corrected chi connectivity index (χ0v) is 15.4. The van der Waals surface area contributed by atoms with Crippen molar-refractivity contribution < 1.29 is 0 Å². The van der Waals surface area contributed by atoms with Gasteiger partial charge in [0.1, 0.15) is 0 Å². The molecule has 1 aliphatic heterocycles. The third-order valence-corrected chi connectivity index (χ3v) is 6.35. The maximum atomic E-state index is 4.88. The summed E-state index contributed by atoms with van der Waals surface area (Å²) in [5.74, 6) is 2.92. The van der Waals surface area contributed by atoms with E-state index in [-0.39, 0.29) is 0 Å². The highest BCUT2D eigenvalue weighted by atomic mass is 32.1. The summed E-state index contributed by atoms with van der Waals surface area (Å²) in [4.78, 5) is 13.3. The first-order valence-electron chi connectivity index (χ1n) is 9.27. The molecule has 2 heterocycles. The molecule has 2 atom stereocenters. The van der Waals surface area contributed by atoms with Crippen molar-refractivity contribution in [3.05, 3.63) is 16.1 Å². The SMILES string of the molecule is CCNC(=NCCc1ncc(CC)s1)N1CC2CCCCC2C1. The van der Waals surface area contributed by atoms with Gasteiger partial charge in [-0.1, -0.05) is 19.8 Å². The number of aliphatic imine (C=N–C) groups is 1. The topological polar surface area (TPSA) is 40.5 Å². The summed E-state index contributed by atoms with van der Waals surface area (Å²) in [7, 11) is 0. The molecule has 2 aliphatic rings. The molecular weight excluding hydrogens is 304 g/mol. The molecule has 1 saturated heterocycles. The second-order valence-electron chi connectivity index (χ2n) is 6.77. The third kappa shape index (κ3) is 4.25. The third-order valence-electron chi connectivity index (χ3n) is 5.15. The number of thiazole rings is 1. The van der Waals surface area contributed by atoms with Gasteiger partial charge in [0, 0.05) is 43.7 Å². The van der Waals surface area contributed by atoms with Crippen LogP contribution in [0.3, 0.4) is 0 Å². The maximum Gasteiger partial charge on any atom is 0.193 e. The number of fused-ring (bicyclic) bond motifs is 1. The predicted octanol–water partition coefficient (Wildman–Crippen LogP) is 3.34. The number of aromatic nitrogens is 1. The standard InChI is InChI=1S/C18H30N4S/c1-3-16-11-21-17(23-16)9-10-20-18(19-4-2)22-12-14-7-5-6-8-15(14)13-22/h11,14-15H,3-10,12-13H2,1-2H3,(H,19,20). The van der Waals surface area contributed by atoms with Crippen molar-refractivity contribution >= 4 is 17.3 Å². The second kappa shape index (κ2) is 8.13. The quantitative estimate of drug-likeness (QED) is 0.663.